The van der Waals surface area contributed by atoms with Crippen LogP contribution < -0.4 is 4.90 Å². The average Bonchev–Trinajstić information content (AvgIpc) is 3.05. The highest BCUT2D eigenvalue weighted by Crippen LogP contribution is 2.23. The number of amides is 1. The number of carbonyl (C=O) groups is 1. The van der Waals surface area contributed by atoms with Crippen molar-refractivity contribution in [1.82, 2.24) is 24.6 Å². The number of aromatic nitrogens is 4. The van der Waals surface area contributed by atoms with Gasteiger partial charge in [-0.05, 0) is 33.8 Å². The minimum atomic E-state index is -0.347. The lowest BCUT2D eigenvalue weighted by molar-refractivity contribution is 0.0713. The van der Waals surface area contributed by atoms with Crippen LogP contribution in [0.25, 0.3) is 0 Å². The Kier molecular flexibility index (Phi) is 4.45. The highest BCUT2D eigenvalue weighted by atomic mass is 19.1. The van der Waals surface area contributed by atoms with Crippen molar-refractivity contribution in [2.75, 3.05) is 24.5 Å². The third kappa shape index (κ3) is 3.47. The molecule has 0 radical (unpaired) electrons. The Balaban J connectivity index is 1.71. The summed E-state index contributed by atoms with van der Waals surface area (Å²) in [7, 11) is 0. The maximum absolute atomic E-state index is 14.0. The second-order valence-corrected chi connectivity index (χ2v) is 7.30. The molecule has 134 valence electrons. The van der Waals surface area contributed by atoms with Gasteiger partial charge in [0.25, 0.3) is 5.91 Å². The standard InChI is InChI=1S/C17H23FN6O/c1-12-10-22(7-8-23(12)14-5-6-19-9-13(14)18)16(25)15-20-11-24(21-15)17(2,3)4/h5-6,9,11-12H,7-8,10H2,1-4H3. The minimum Gasteiger partial charge on any atom is -0.363 e. The predicted molar refractivity (Wildman–Crippen MR) is 91.9 cm³/mol. The summed E-state index contributed by atoms with van der Waals surface area (Å²) in [5, 5.41) is 4.31. The van der Waals surface area contributed by atoms with E-state index in [1.165, 1.54) is 6.20 Å². The molecule has 1 saturated heterocycles. The molecule has 1 amide bonds. The van der Waals surface area contributed by atoms with Crippen LogP contribution in [0.3, 0.4) is 0 Å². The molecule has 0 spiro atoms. The molecule has 3 rings (SSSR count). The number of nitrogens with zero attached hydrogens (tertiary/aromatic N) is 6. The Morgan fingerprint density at radius 3 is 2.68 bits per heavy atom. The molecule has 1 atom stereocenters. The van der Waals surface area contributed by atoms with Crippen LogP contribution >= 0.6 is 0 Å². The van der Waals surface area contributed by atoms with E-state index in [0.29, 0.717) is 25.3 Å². The number of hydrogen-bond acceptors (Lipinski definition) is 5. The molecule has 0 bridgehead atoms. The van der Waals surface area contributed by atoms with E-state index in [1.807, 2.05) is 32.6 Å². The molecule has 0 saturated carbocycles. The van der Waals surface area contributed by atoms with E-state index in [4.69, 9.17) is 0 Å². The van der Waals surface area contributed by atoms with E-state index >= 15 is 0 Å². The number of carbonyl (C=O) groups excluding carboxylic acids is 1. The van der Waals surface area contributed by atoms with Gasteiger partial charge in [0.1, 0.15) is 6.33 Å². The summed E-state index contributed by atoms with van der Waals surface area (Å²) in [6.45, 7) is 9.51. The zero-order valence-corrected chi connectivity index (χ0v) is 15.0. The molecule has 0 aromatic carbocycles. The average molecular weight is 346 g/mol. The van der Waals surface area contributed by atoms with Crippen LogP contribution in [-0.4, -0.2) is 56.2 Å². The van der Waals surface area contributed by atoms with E-state index in [9.17, 15) is 9.18 Å². The lowest BCUT2D eigenvalue weighted by Crippen LogP contribution is -2.54. The van der Waals surface area contributed by atoms with Gasteiger partial charge in [-0.3, -0.25) is 9.78 Å². The highest BCUT2D eigenvalue weighted by Gasteiger charge is 2.30. The third-order valence-corrected chi connectivity index (χ3v) is 4.35. The first kappa shape index (κ1) is 17.3. The molecule has 3 heterocycles. The Labute approximate surface area is 146 Å². The SMILES string of the molecule is CC1CN(C(=O)c2ncn(C(C)(C)C)n2)CCN1c1ccncc1F. The molecule has 0 aliphatic carbocycles. The van der Waals surface area contributed by atoms with Crippen LogP contribution in [0.5, 0.6) is 0 Å². The van der Waals surface area contributed by atoms with Gasteiger partial charge in [-0.25, -0.2) is 14.1 Å². The molecule has 2 aromatic rings. The predicted octanol–water partition coefficient (Wildman–Crippen LogP) is 1.92. The van der Waals surface area contributed by atoms with Crippen molar-refractivity contribution in [1.29, 1.82) is 0 Å². The van der Waals surface area contributed by atoms with Crippen LogP contribution in [0.4, 0.5) is 10.1 Å². The smallest absolute Gasteiger partial charge is 0.293 e. The van der Waals surface area contributed by atoms with E-state index in [0.717, 1.165) is 0 Å². The summed E-state index contributed by atoms with van der Waals surface area (Å²) in [5.41, 5.74) is 0.292. The quantitative estimate of drug-likeness (QED) is 0.831. The van der Waals surface area contributed by atoms with Gasteiger partial charge in [0.05, 0.1) is 17.4 Å². The van der Waals surface area contributed by atoms with E-state index in [-0.39, 0.29) is 29.1 Å². The van der Waals surface area contributed by atoms with Gasteiger partial charge in [-0.2, -0.15) is 0 Å². The van der Waals surface area contributed by atoms with Crippen LogP contribution in [0.2, 0.25) is 0 Å². The lowest BCUT2D eigenvalue weighted by atomic mass is 10.1. The molecule has 8 heteroatoms. The maximum Gasteiger partial charge on any atom is 0.293 e. The van der Waals surface area contributed by atoms with E-state index < -0.39 is 0 Å². The van der Waals surface area contributed by atoms with Gasteiger partial charge in [-0.1, -0.05) is 0 Å². The fourth-order valence-electron chi connectivity index (χ4n) is 2.93. The molecule has 1 aliphatic rings. The van der Waals surface area contributed by atoms with Gasteiger partial charge < -0.3 is 9.80 Å². The first-order valence-corrected chi connectivity index (χ1v) is 8.35. The first-order chi connectivity index (χ1) is 11.8. The largest absolute Gasteiger partial charge is 0.363 e. The maximum atomic E-state index is 14.0. The number of rotatable bonds is 2. The number of piperazine rings is 1. The first-order valence-electron chi connectivity index (χ1n) is 8.35. The summed E-state index contributed by atoms with van der Waals surface area (Å²) in [4.78, 5) is 24.3. The highest BCUT2D eigenvalue weighted by molar-refractivity contribution is 5.90. The molecule has 1 fully saturated rings. The minimum absolute atomic E-state index is 0.0145. The van der Waals surface area contributed by atoms with Crippen LogP contribution in [0.1, 0.15) is 38.3 Å². The summed E-state index contributed by atoms with van der Waals surface area (Å²) >= 11 is 0. The number of pyridine rings is 1. The lowest BCUT2D eigenvalue weighted by Gasteiger charge is -2.40. The van der Waals surface area contributed by atoms with Crippen LogP contribution in [0.15, 0.2) is 24.8 Å². The van der Waals surface area contributed by atoms with Gasteiger partial charge in [0, 0.05) is 31.9 Å². The molecule has 2 aromatic heterocycles. The monoisotopic (exact) mass is 346 g/mol. The van der Waals surface area contributed by atoms with E-state index in [2.05, 4.69) is 15.1 Å². The van der Waals surface area contributed by atoms with Gasteiger partial charge in [0.2, 0.25) is 5.82 Å². The Morgan fingerprint density at radius 2 is 2.08 bits per heavy atom. The number of anilines is 1. The van der Waals surface area contributed by atoms with Crippen molar-refractivity contribution in [3.8, 4) is 0 Å². The van der Waals surface area contributed by atoms with Crippen molar-refractivity contribution < 1.29 is 9.18 Å². The fraction of sp³-hybridized carbons (Fsp3) is 0.529. The van der Waals surface area contributed by atoms with Gasteiger partial charge >= 0.3 is 0 Å². The van der Waals surface area contributed by atoms with Crippen molar-refractivity contribution in [2.24, 2.45) is 0 Å². The van der Waals surface area contributed by atoms with Crippen LogP contribution in [-0.2, 0) is 5.54 Å². The van der Waals surface area contributed by atoms with Gasteiger partial charge in [0.15, 0.2) is 5.82 Å². The molecule has 1 aliphatic heterocycles. The van der Waals surface area contributed by atoms with Crippen molar-refractivity contribution >= 4 is 11.6 Å². The third-order valence-electron chi connectivity index (χ3n) is 4.35. The number of hydrogen-bond donors (Lipinski definition) is 0. The Hall–Kier alpha value is -2.51. The second kappa shape index (κ2) is 6.42. The van der Waals surface area contributed by atoms with Crippen molar-refractivity contribution in [3.63, 3.8) is 0 Å². The molecule has 25 heavy (non-hydrogen) atoms. The summed E-state index contributed by atoms with van der Waals surface area (Å²) in [6.07, 6.45) is 4.37. The van der Waals surface area contributed by atoms with Crippen molar-refractivity contribution in [2.45, 2.75) is 39.3 Å². The topological polar surface area (TPSA) is 67.2 Å². The van der Waals surface area contributed by atoms with Gasteiger partial charge in [-0.15, -0.1) is 5.10 Å². The number of halogens is 1. The molecular formula is C17H23FN6O. The van der Waals surface area contributed by atoms with E-state index in [1.54, 1.807) is 28.2 Å². The summed E-state index contributed by atoms with van der Waals surface area (Å²) < 4.78 is 15.7. The molecular weight excluding hydrogens is 323 g/mol. The fourth-order valence-corrected chi connectivity index (χ4v) is 2.93. The normalized spacial score (nSPS) is 18.5. The molecule has 7 nitrogen and oxygen atoms in total. The summed E-state index contributed by atoms with van der Waals surface area (Å²) in [5.74, 6) is -0.338. The molecule has 1 unspecified atom stereocenters. The second-order valence-electron chi connectivity index (χ2n) is 7.30. The Morgan fingerprint density at radius 1 is 1.32 bits per heavy atom. The Bertz CT molecular complexity index is 768. The van der Waals surface area contributed by atoms with Crippen LogP contribution in [0, 0.1) is 5.82 Å². The van der Waals surface area contributed by atoms with Crippen molar-refractivity contribution in [3.05, 3.63) is 36.4 Å². The zero-order valence-electron chi connectivity index (χ0n) is 15.0. The summed E-state index contributed by atoms with van der Waals surface area (Å²) in [6, 6.07) is 1.65. The molecule has 0 N–H and O–H groups in total. The zero-order chi connectivity index (χ0) is 18.2.